The average molecular weight is 168 g/mol. The van der Waals surface area contributed by atoms with E-state index >= 15 is 0 Å². The van der Waals surface area contributed by atoms with Crippen LogP contribution in [0.5, 0.6) is 0 Å². The van der Waals surface area contributed by atoms with Gasteiger partial charge in [-0.3, -0.25) is 0 Å². The monoisotopic (exact) mass is 167 g/mol. The number of allylic oxidation sites excluding steroid dienone is 2. The van der Waals surface area contributed by atoms with E-state index in [-0.39, 0.29) is 0 Å². The number of hydrogen-bond acceptors (Lipinski definition) is 3. The van der Waals surface area contributed by atoms with Gasteiger partial charge in [-0.05, 0) is 6.08 Å². The Morgan fingerprint density at radius 3 is 3.09 bits per heavy atom. The van der Waals surface area contributed by atoms with Crippen molar-refractivity contribution in [3.05, 3.63) is 22.6 Å². The van der Waals surface area contributed by atoms with Crippen molar-refractivity contribution in [1.82, 2.24) is 0 Å². The molecule has 3 nitrogen and oxygen atoms in total. The molecule has 0 saturated carbocycles. The van der Waals surface area contributed by atoms with Crippen LogP contribution >= 0.6 is 11.6 Å². The standard InChI is InChI=1S/C7H6ClN3/c8-7-4-3-6(9)11-5(4)1-2-10-7/h2-3H,1,9H2. The highest BCUT2D eigenvalue weighted by atomic mass is 35.5. The molecular weight excluding hydrogens is 162 g/mol. The van der Waals surface area contributed by atoms with E-state index in [1.165, 1.54) is 0 Å². The van der Waals surface area contributed by atoms with Crippen LogP contribution in [0.3, 0.4) is 0 Å². The van der Waals surface area contributed by atoms with Gasteiger partial charge >= 0.3 is 0 Å². The van der Waals surface area contributed by atoms with E-state index in [9.17, 15) is 0 Å². The lowest BCUT2D eigenvalue weighted by Gasteiger charge is -2.04. The normalized spacial score (nSPS) is 21.5. The van der Waals surface area contributed by atoms with Crippen LogP contribution in [0.1, 0.15) is 6.42 Å². The Morgan fingerprint density at radius 2 is 2.36 bits per heavy atom. The van der Waals surface area contributed by atoms with Gasteiger partial charge in [-0.1, -0.05) is 11.6 Å². The van der Waals surface area contributed by atoms with Crippen molar-refractivity contribution in [2.45, 2.75) is 6.42 Å². The second-order valence-electron chi connectivity index (χ2n) is 2.35. The van der Waals surface area contributed by atoms with Crippen LogP contribution in [0.4, 0.5) is 0 Å². The molecule has 4 heteroatoms. The highest BCUT2D eigenvalue weighted by Gasteiger charge is 2.17. The van der Waals surface area contributed by atoms with E-state index in [0.29, 0.717) is 11.0 Å². The van der Waals surface area contributed by atoms with Gasteiger partial charge in [-0.15, -0.1) is 0 Å². The maximum absolute atomic E-state index is 5.78. The highest BCUT2D eigenvalue weighted by Crippen LogP contribution is 2.24. The molecule has 0 aromatic heterocycles. The number of fused-ring (bicyclic) bond motifs is 1. The van der Waals surface area contributed by atoms with Gasteiger partial charge in [0, 0.05) is 18.2 Å². The highest BCUT2D eigenvalue weighted by molar-refractivity contribution is 6.34. The first-order valence-electron chi connectivity index (χ1n) is 3.25. The number of hydrogen-bond donors (Lipinski definition) is 1. The van der Waals surface area contributed by atoms with Gasteiger partial charge in [0.1, 0.15) is 11.0 Å². The van der Waals surface area contributed by atoms with Crippen molar-refractivity contribution in [2.75, 3.05) is 0 Å². The first-order valence-corrected chi connectivity index (χ1v) is 3.62. The molecule has 0 unspecified atom stereocenters. The Hall–Kier alpha value is -1.09. The fourth-order valence-corrected chi connectivity index (χ4v) is 1.33. The summed E-state index contributed by atoms with van der Waals surface area (Å²) in [6.45, 7) is 0. The van der Waals surface area contributed by atoms with Crippen molar-refractivity contribution in [3.63, 3.8) is 0 Å². The molecule has 0 aromatic carbocycles. The van der Waals surface area contributed by atoms with Gasteiger partial charge in [0.25, 0.3) is 0 Å². The van der Waals surface area contributed by atoms with Crippen LogP contribution in [0.2, 0.25) is 0 Å². The van der Waals surface area contributed by atoms with Crippen molar-refractivity contribution in [2.24, 2.45) is 15.7 Å². The largest absolute Gasteiger partial charge is 0.384 e. The van der Waals surface area contributed by atoms with Crippen LogP contribution in [-0.4, -0.2) is 11.9 Å². The van der Waals surface area contributed by atoms with Crippen LogP contribution in [0, 0.1) is 0 Å². The van der Waals surface area contributed by atoms with E-state index in [4.69, 9.17) is 17.3 Å². The maximum Gasteiger partial charge on any atom is 0.137 e. The van der Waals surface area contributed by atoms with Crippen LogP contribution in [0.15, 0.2) is 32.6 Å². The second-order valence-corrected chi connectivity index (χ2v) is 2.71. The first kappa shape index (κ1) is 6.61. The molecule has 0 amide bonds. The summed E-state index contributed by atoms with van der Waals surface area (Å²) in [6.07, 6.45) is 4.20. The zero-order valence-corrected chi connectivity index (χ0v) is 6.47. The van der Waals surface area contributed by atoms with E-state index in [1.807, 2.05) is 0 Å². The molecule has 0 bridgehead atoms. The molecule has 56 valence electrons. The molecule has 0 spiro atoms. The Kier molecular flexibility index (Phi) is 1.32. The number of nitrogens with zero attached hydrogens (tertiary/aromatic N) is 2. The Balaban J connectivity index is 2.53. The molecule has 0 saturated heterocycles. The van der Waals surface area contributed by atoms with Crippen LogP contribution < -0.4 is 5.73 Å². The van der Waals surface area contributed by atoms with E-state index in [1.54, 1.807) is 12.3 Å². The second kappa shape index (κ2) is 2.20. The van der Waals surface area contributed by atoms with Gasteiger partial charge < -0.3 is 5.73 Å². The number of rotatable bonds is 0. The molecule has 0 fully saturated rings. The van der Waals surface area contributed by atoms with Gasteiger partial charge in [-0.2, -0.15) is 0 Å². The number of halogens is 1. The first-order chi connectivity index (χ1) is 5.27. The summed E-state index contributed by atoms with van der Waals surface area (Å²) in [5, 5.41) is 0.482. The molecule has 2 aliphatic rings. The molecule has 0 aromatic rings. The Morgan fingerprint density at radius 1 is 1.55 bits per heavy atom. The topological polar surface area (TPSA) is 50.7 Å². The molecule has 2 aliphatic heterocycles. The molecule has 0 aliphatic carbocycles. The van der Waals surface area contributed by atoms with Crippen molar-refractivity contribution in [1.29, 1.82) is 0 Å². The smallest absolute Gasteiger partial charge is 0.137 e. The molecular formula is C7H6ClN3. The van der Waals surface area contributed by atoms with Crippen molar-refractivity contribution in [3.8, 4) is 0 Å². The van der Waals surface area contributed by atoms with Crippen molar-refractivity contribution >= 4 is 23.5 Å². The third-order valence-electron chi connectivity index (χ3n) is 1.58. The predicted molar refractivity (Wildman–Crippen MR) is 45.7 cm³/mol. The fraction of sp³-hybridized carbons (Fsp3) is 0.143. The lowest BCUT2D eigenvalue weighted by Crippen LogP contribution is -2.04. The van der Waals surface area contributed by atoms with Crippen LogP contribution in [-0.2, 0) is 0 Å². The molecule has 2 N–H and O–H groups in total. The minimum atomic E-state index is 0.482. The molecule has 11 heavy (non-hydrogen) atoms. The molecule has 0 atom stereocenters. The van der Waals surface area contributed by atoms with Gasteiger partial charge in [0.15, 0.2) is 0 Å². The Bertz CT molecular complexity index is 323. The summed E-state index contributed by atoms with van der Waals surface area (Å²) in [5.41, 5.74) is 7.27. The SMILES string of the molecule is NC1=CC2=C(Cl)N=CCC2=N1. The number of aliphatic imine (C=N–C) groups is 2. The average Bonchev–Trinajstić information content (AvgIpc) is 2.31. The van der Waals surface area contributed by atoms with Crippen LogP contribution in [0.25, 0.3) is 0 Å². The zero-order chi connectivity index (χ0) is 7.84. The molecule has 2 rings (SSSR count). The van der Waals surface area contributed by atoms with Gasteiger partial charge in [-0.25, -0.2) is 9.98 Å². The summed E-state index contributed by atoms with van der Waals surface area (Å²) >= 11 is 5.78. The summed E-state index contributed by atoms with van der Waals surface area (Å²) in [7, 11) is 0. The van der Waals surface area contributed by atoms with Gasteiger partial charge in [0.05, 0.1) is 5.71 Å². The van der Waals surface area contributed by atoms with E-state index in [2.05, 4.69) is 9.98 Å². The molecule has 0 radical (unpaired) electrons. The predicted octanol–water partition coefficient (Wildman–Crippen LogP) is 1.17. The summed E-state index contributed by atoms with van der Waals surface area (Å²) in [6, 6.07) is 0. The van der Waals surface area contributed by atoms with E-state index in [0.717, 1.165) is 17.7 Å². The summed E-state index contributed by atoms with van der Waals surface area (Å²) in [5.74, 6) is 0.513. The minimum absolute atomic E-state index is 0.482. The maximum atomic E-state index is 5.78. The third kappa shape index (κ3) is 0.973. The zero-order valence-electron chi connectivity index (χ0n) is 5.71. The van der Waals surface area contributed by atoms with Gasteiger partial charge in [0.2, 0.25) is 0 Å². The summed E-state index contributed by atoms with van der Waals surface area (Å²) in [4.78, 5) is 8.03. The fourth-order valence-electron chi connectivity index (χ4n) is 1.10. The lowest BCUT2D eigenvalue weighted by molar-refractivity contribution is 1.26. The molecule has 2 heterocycles. The summed E-state index contributed by atoms with van der Waals surface area (Å²) < 4.78 is 0. The lowest BCUT2D eigenvalue weighted by atomic mass is 10.1. The van der Waals surface area contributed by atoms with E-state index < -0.39 is 0 Å². The third-order valence-corrected chi connectivity index (χ3v) is 1.88. The Labute approximate surface area is 69.0 Å². The quantitative estimate of drug-likeness (QED) is 0.541. The number of nitrogens with two attached hydrogens (primary N) is 1. The van der Waals surface area contributed by atoms with Crippen molar-refractivity contribution < 1.29 is 0 Å². The minimum Gasteiger partial charge on any atom is -0.384 e.